The largest absolute Gasteiger partial charge is 0.394 e. The number of halogens is 1. The van der Waals surface area contributed by atoms with Gasteiger partial charge < -0.3 is 5.73 Å². The summed E-state index contributed by atoms with van der Waals surface area (Å²) >= 11 is 7.37. The molecule has 1 aromatic rings. The average molecular weight is 218 g/mol. The fraction of sp³-hybridized carbons (Fsp3) is 0.500. The molecular formula is C8H12ClN3S. The summed E-state index contributed by atoms with van der Waals surface area (Å²) < 4.78 is 0. The first-order chi connectivity index (χ1) is 6.15. The van der Waals surface area contributed by atoms with Crippen LogP contribution in [-0.2, 0) is 0 Å². The Labute approximate surface area is 87.1 Å². The molecule has 0 radical (unpaired) electrons. The van der Waals surface area contributed by atoms with E-state index < -0.39 is 0 Å². The normalized spacial score (nSPS) is 12.8. The molecule has 0 amide bonds. The Hall–Kier alpha value is -0.480. The Morgan fingerprint density at radius 1 is 1.62 bits per heavy atom. The van der Waals surface area contributed by atoms with Gasteiger partial charge in [0.15, 0.2) is 5.15 Å². The maximum Gasteiger partial charge on any atom is 0.156 e. The summed E-state index contributed by atoms with van der Waals surface area (Å²) in [6.07, 6.45) is 2.51. The lowest BCUT2D eigenvalue weighted by atomic mass is 10.4. The fourth-order valence-corrected chi connectivity index (χ4v) is 1.80. The molecule has 5 heteroatoms. The van der Waals surface area contributed by atoms with Gasteiger partial charge in [-0.2, -0.15) is 0 Å². The zero-order valence-corrected chi connectivity index (χ0v) is 9.19. The molecule has 0 spiro atoms. The predicted octanol–water partition coefficient (Wildman–Crippen LogP) is 2.60. The van der Waals surface area contributed by atoms with Gasteiger partial charge in [-0.15, -0.1) is 11.8 Å². The third kappa shape index (κ3) is 2.74. The molecule has 1 aromatic heterocycles. The van der Waals surface area contributed by atoms with Gasteiger partial charge in [-0.3, -0.25) is 0 Å². The van der Waals surface area contributed by atoms with Crippen LogP contribution in [0.1, 0.15) is 20.3 Å². The molecule has 0 aliphatic heterocycles. The molecule has 13 heavy (non-hydrogen) atoms. The van der Waals surface area contributed by atoms with Gasteiger partial charge in [0.1, 0.15) is 17.0 Å². The van der Waals surface area contributed by atoms with Gasteiger partial charge in [0, 0.05) is 5.25 Å². The van der Waals surface area contributed by atoms with Crippen LogP contribution in [-0.4, -0.2) is 15.2 Å². The molecule has 0 fully saturated rings. The fourth-order valence-electron chi connectivity index (χ4n) is 0.727. The van der Waals surface area contributed by atoms with E-state index in [2.05, 4.69) is 23.8 Å². The quantitative estimate of drug-likeness (QED) is 0.625. The van der Waals surface area contributed by atoms with Crippen LogP contribution in [0.3, 0.4) is 0 Å². The van der Waals surface area contributed by atoms with Crippen LogP contribution in [0.2, 0.25) is 5.15 Å². The standard InChI is InChI=1S/C8H12ClN3S/c1-3-5(2)13-8-6(10)7(9)11-4-12-8/h4-5H,3,10H2,1-2H3. The van der Waals surface area contributed by atoms with E-state index in [-0.39, 0.29) is 0 Å². The Bertz CT molecular complexity index is 293. The summed E-state index contributed by atoms with van der Waals surface area (Å²) in [5.41, 5.74) is 6.19. The smallest absolute Gasteiger partial charge is 0.156 e. The van der Waals surface area contributed by atoms with Crippen molar-refractivity contribution in [2.75, 3.05) is 5.73 Å². The third-order valence-electron chi connectivity index (χ3n) is 1.69. The molecule has 3 nitrogen and oxygen atoms in total. The predicted molar refractivity (Wildman–Crippen MR) is 57.1 cm³/mol. The minimum Gasteiger partial charge on any atom is -0.394 e. The van der Waals surface area contributed by atoms with E-state index in [9.17, 15) is 0 Å². The van der Waals surface area contributed by atoms with E-state index in [0.717, 1.165) is 11.4 Å². The summed E-state index contributed by atoms with van der Waals surface area (Å²) in [5.74, 6) is 0. The topological polar surface area (TPSA) is 51.8 Å². The average Bonchev–Trinajstić information content (AvgIpc) is 2.13. The lowest BCUT2D eigenvalue weighted by Crippen LogP contribution is -1.99. The molecule has 1 rings (SSSR count). The van der Waals surface area contributed by atoms with Gasteiger partial charge in [0.25, 0.3) is 0 Å². The van der Waals surface area contributed by atoms with Crippen LogP contribution < -0.4 is 5.73 Å². The van der Waals surface area contributed by atoms with Gasteiger partial charge in [0.05, 0.1) is 0 Å². The SMILES string of the molecule is CCC(C)Sc1ncnc(Cl)c1N. The van der Waals surface area contributed by atoms with Crippen molar-refractivity contribution in [3.8, 4) is 0 Å². The van der Waals surface area contributed by atoms with Crippen molar-refractivity contribution < 1.29 is 0 Å². The van der Waals surface area contributed by atoms with Gasteiger partial charge >= 0.3 is 0 Å². The number of nitrogens with zero attached hydrogens (tertiary/aromatic N) is 2. The number of rotatable bonds is 3. The Kier molecular flexibility index (Phi) is 3.81. The van der Waals surface area contributed by atoms with Crippen LogP contribution in [0, 0.1) is 0 Å². The highest BCUT2D eigenvalue weighted by Gasteiger charge is 2.09. The minimum atomic E-state index is 0.334. The zero-order chi connectivity index (χ0) is 9.84. The van der Waals surface area contributed by atoms with Gasteiger partial charge in [0.2, 0.25) is 0 Å². The highest BCUT2D eigenvalue weighted by atomic mass is 35.5. The van der Waals surface area contributed by atoms with Crippen LogP contribution in [0.5, 0.6) is 0 Å². The number of anilines is 1. The second kappa shape index (κ2) is 4.67. The monoisotopic (exact) mass is 217 g/mol. The molecule has 0 saturated heterocycles. The van der Waals surface area contributed by atoms with Gasteiger partial charge in [-0.1, -0.05) is 25.4 Å². The first-order valence-corrected chi connectivity index (χ1v) is 5.33. The second-order valence-corrected chi connectivity index (χ2v) is 4.51. The van der Waals surface area contributed by atoms with Crippen molar-refractivity contribution in [1.29, 1.82) is 0 Å². The van der Waals surface area contributed by atoms with E-state index in [1.165, 1.54) is 6.33 Å². The molecule has 0 saturated carbocycles. The van der Waals surface area contributed by atoms with Crippen LogP contribution in [0.25, 0.3) is 0 Å². The van der Waals surface area contributed by atoms with Crippen molar-refractivity contribution >= 4 is 29.1 Å². The molecule has 0 bridgehead atoms. The number of thioether (sulfide) groups is 1. The van der Waals surface area contributed by atoms with E-state index in [0.29, 0.717) is 16.1 Å². The maximum absolute atomic E-state index is 5.75. The molecule has 0 aromatic carbocycles. The molecule has 1 unspecified atom stereocenters. The molecule has 0 aliphatic carbocycles. The first kappa shape index (κ1) is 10.6. The summed E-state index contributed by atoms with van der Waals surface area (Å²) in [4.78, 5) is 7.86. The summed E-state index contributed by atoms with van der Waals surface area (Å²) in [5, 5.41) is 1.60. The minimum absolute atomic E-state index is 0.334. The molecule has 1 heterocycles. The number of nitrogens with two attached hydrogens (primary N) is 1. The van der Waals surface area contributed by atoms with Crippen LogP contribution in [0.4, 0.5) is 5.69 Å². The summed E-state index contributed by atoms with van der Waals surface area (Å²) in [7, 11) is 0. The zero-order valence-electron chi connectivity index (χ0n) is 7.62. The van der Waals surface area contributed by atoms with E-state index >= 15 is 0 Å². The van der Waals surface area contributed by atoms with Crippen molar-refractivity contribution in [2.45, 2.75) is 30.5 Å². The van der Waals surface area contributed by atoms with E-state index in [1.807, 2.05) is 0 Å². The number of hydrogen-bond donors (Lipinski definition) is 1. The first-order valence-electron chi connectivity index (χ1n) is 4.07. The lowest BCUT2D eigenvalue weighted by Gasteiger charge is -2.09. The number of aromatic nitrogens is 2. The Balaban J connectivity index is 2.83. The van der Waals surface area contributed by atoms with Crippen LogP contribution in [0.15, 0.2) is 11.4 Å². The highest BCUT2D eigenvalue weighted by molar-refractivity contribution is 8.00. The molecular weight excluding hydrogens is 206 g/mol. The Morgan fingerprint density at radius 3 is 2.92 bits per heavy atom. The molecule has 2 N–H and O–H groups in total. The van der Waals surface area contributed by atoms with Gasteiger partial charge in [-0.25, -0.2) is 9.97 Å². The van der Waals surface area contributed by atoms with Crippen molar-refractivity contribution in [3.63, 3.8) is 0 Å². The number of hydrogen-bond acceptors (Lipinski definition) is 4. The molecule has 0 aliphatic rings. The van der Waals surface area contributed by atoms with E-state index in [1.54, 1.807) is 11.8 Å². The second-order valence-electron chi connectivity index (χ2n) is 2.72. The number of nitrogen functional groups attached to an aromatic ring is 1. The van der Waals surface area contributed by atoms with Crippen molar-refractivity contribution in [3.05, 3.63) is 11.5 Å². The van der Waals surface area contributed by atoms with Crippen molar-refractivity contribution in [1.82, 2.24) is 9.97 Å². The van der Waals surface area contributed by atoms with Crippen molar-refractivity contribution in [2.24, 2.45) is 0 Å². The molecule has 72 valence electrons. The summed E-state index contributed by atoms with van der Waals surface area (Å²) in [6.45, 7) is 4.25. The maximum atomic E-state index is 5.75. The van der Waals surface area contributed by atoms with Gasteiger partial charge in [-0.05, 0) is 6.42 Å². The lowest BCUT2D eigenvalue weighted by molar-refractivity contribution is 0.899. The molecule has 1 atom stereocenters. The summed E-state index contributed by atoms with van der Waals surface area (Å²) in [6, 6.07) is 0. The highest BCUT2D eigenvalue weighted by Crippen LogP contribution is 2.30. The van der Waals surface area contributed by atoms with E-state index in [4.69, 9.17) is 17.3 Å². The third-order valence-corrected chi connectivity index (χ3v) is 3.27. The Morgan fingerprint density at radius 2 is 2.31 bits per heavy atom. The van der Waals surface area contributed by atoms with Crippen LogP contribution >= 0.6 is 23.4 Å².